The van der Waals surface area contributed by atoms with Crippen molar-refractivity contribution in [3.05, 3.63) is 105 Å². The lowest BCUT2D eigenvalue weighted by Gasteiger charge is -2.11. The van der Waals surface area contributed by atoms with Gasteiger partial charge in [0.2, 0.25) is 0 Å². The molecule has 0 aliphatic heterocycles. The number of hydrogen-bond donors (Lipinski definition) is 1. The Labute approximate surface area is 239 Å². The quantitative estimate of drug-likeness (QED) is 0.282. The summed E-state index contributed by atoms with van der Waals surface area (Å²) in [5, 5.41) is 3.95. The van der Waals surface area contributed by atoms with Gasteiger partial charge in [-0.25, -0.2) is 22.8 Å². The lowest BCUT2D eigenvalue weighted by Crippen LogP contribution is -2.36. The zero-order valence-electron chi connectivity index (χ0n) is 21.1. The first-order valence-corrected chi connectivity index (χ1v) is 14.1. The van der Waals surface area contributed by atoms with Crippen LogP contribution in [0.3, 0.4) is 0 Å². The third-order valence-electron chi connectivity index (χ3n) is 6.09. The molecule has 41 heavy (non-hydrogen) atoms. The van der Waals surface area contributed by atoms with Crippen molar-refractivity contribution in [2.75, 3.05) is 0 Å². The average Bonchev–Trinajstić information content (AvgIpc) is 3.37. The second-order valence-corrected chi connectivity index (χ2v) is 11.7. The molecule has 1 amide bonds. The molecule has 0 atom stereocenters. The van der Waals surface area contributed by atoms with Crippen LogP contribution in [0.25, 0.3) is 27.8 Å². The molecule has 2 aromatic heterocycles. The predicted molar refractivity (Wildman–Crippen MR) is 148 cm³/mol. The average molecular weight is 646 g/mol. The lowest BCUT2D eigenvalue weighted by molar-refractivity contribution is -0.141. The van der Waals surface area contributed by atoms with E-state index in [-0.39, 0.29) is 21.7 Å². The molecule has 5 aromatic rings. The molecule has 2 heterocycles. The number of benzene rings is 3. The molecule has 0 spiro atoms. The van der Waals surface area contributed by atoms with Gasteiger partial charge in [0.25, 0.3) is 21.5 Å². The third kappa shape index (κ3) is 5.93. The van der Waals surface area contributed by atoms with Crippen molar-refractivity contribution in [3.63, 3.8) is 0 Å². The lowest BCUT2D eigenvalue weighted by atomic mass is 10.1. The minimum absolute atomic E-state index is 0.155. The Morgan fingerprint density at radius 1 is 1.00 bits per heavy atom. The predicted octanol–water partition coefficient (Wildman–Crippen LogP) is 4.84. The monoisotopic (exact) mass is 645 g/mol. The summed E-state index contributed by atoms with van der Waals surface area (Å²) >= 11 is 3.27. The van der Waals surface area contributed by atoms with E-state index in [4.69, 9.17) is 0 Å². The molecular formula is C27H19BrF3N5O4S. The fraction of sp³-hybridized carbons (Fsp3) is 0.111. The molecular weight excluding hydrogens is 627 g/mol. The number of fused-ring (bicyclic) bond motifs is 1. The van der Waals surface area contributed by atoms with Crippen molar-refractivity contribution in [3.8, 4) is 16.9 Å². The number of aromatic nitrogens is 4. The van der Waals surface area contributed by atoms with Crippen LogP contribution < -0.4 is 10.3 Å². The van der Waals surface area contributed by atoms with Crippen LogP contribution in [0.4, 0.5) is 13.2 Å². The Hall–Kier alpha value is -4.30. The van der Waals surface area contributed by atoms with Crippen LogP contribution in [0.2, 0.25) is 0 Å². The van der Waals surface area contributed by atoms with Gasteiger partial charge in [-0.05, 0) is 55.5 Å². The number of aryl methyl sites for hydroxylation is 1. The van der Waals surface area contributed by atoms with Gasteiger partial charge in [-0.15, -0.1) is 0 Å². The number of rotatable bonds is 6. The molecule has 1 N–H and O–H groups in total. The molecule has 210 valence electrons. The van der Waals surface area contributed by atoms with Gasteiger partial charge >= 0.3 is 6.18 Å². The summed E-state index contributed by atoms with van der Waals surface area (Å²) < 4.78 is 70.7. The molecule has 0 bridgehead atoms. The summed E-state index contributed by atoms with van der Waals surface area (Å²) in [5.41, 5.74) is 0.491. The number of sulfonamides is 1. The molecule has 3 aromatic carbocycles. The summed E-state index contributed by atoms with van der Waals surface area (Å²) in [5.74, 6) is -0.990. The normalized spacial score (nSPS) is 12.0. The van der Waals surface area contributed by atoms with Crippen LogP contribution in [-0.4, -0.2) is 33.7 Å². The highest BCUT2D eigenvalue weighted by Gasteiger charge is 2.35. The summed E-state index contributed by atoms with van der Waals surface area (Å²) in [6, 6.07) is 17.4. The maximum absolute atomic E-state index is 13.5. The summed E-state index contributed by atoms with van der Waals surface area (Å²) in [7, 11) is -4.38. The van der Waals surface area contributed by atoms with Gasteiger partial charge in [-0.1, -0.05) is 45.8 Å². The highest BCUT2D eigenvalue weighted by molar-refractivity contribution is 9.10. The van der Waals surface area contributed by atoms with Crippen LogP contribution in [0, 0.1) is 6.92 Å². The van der Waals surface area contributed by atoms with E-state index in [0.717, 1.165) is 39.3 Å². The molecule has 0 fully saturated rings. The summed E-state index contributed by atoms with van der Waals surface area (Å²) in [6.07, 6.45) is -3.55. The van der Waals surface area contributed by atoms with Crippen LogP contribution in [-0.2, 0) is 27.5 Å². The van der Waals surface area contributed by atoms with Gasteiger partial charge in [-0.2, -0.15) is 18.3 Å². The van der Waals surface area contributed by atoms with Crippen molar-refractivity contribution in [2.45, 2.75) is 24.5 Å². The number of alkyl halides is 3. The first kappa shape index (κ1) is 28.2. The number of nitrogens with one attached hydrogen (secondary N) is 1. The van der Waals surface area contributed by atoms with E-state index in [1.807, 2.05) is 11.6 Å². The largest absolute Gasteiger partial charge is 0.435 e. The number of carbonyl (C=O) groups is 1. The Morgan fingerprint density at radius 2 is 1.68 bits per heavy atom. The third-order valence-corrected chi connectivity index (χ3v) is 7.97. The molecule has 9 nitrogen and oxygen atoms in total. The highest BCUT2D eigenvalue weighted by atomic mass is 79.9. The van der Waals surface area contributed by atoms with Crippen LogP contribution >= 0.6 is 15.9 Å². The zero-order chi connectivity index (χ0) is 29.5. The first-order chi connectivity index (χ1) is 19.3. The Morgan fingerprint density at radius 3 is 2.34 bits per heavy atom. The van der Waals surface area contributed by atoms with Gasteiger partial charge < -0.3 is 0 Å². The molecule has 0 radical (unpaired) electrons. The van der Waals surface area contributed by atoms with E-state index >= 15 is 0 Å². The van der Waals surface area contributed by atoms with Crippen LogP contribution in [0.1, 0.15) is 11.3 Å². The maximum atomic E-state index is 13.5. The molecule has 0 aliphatic carbocycles. The van der Waals surface area contributed by atoms with Gasteiger partial charge in [0.15, 0.2) is 5.69 Å². The standard InChI is InChI=1S/C27H19BrF3N5O4S/c1-16-2-4-17(5-3-16)23-13-24(27(29,30)31)33-36(23)19-7-9-20(10-8-19)41(39,40)34-25(37)14-35-15-32-22-11-6-18(28)12-21(22)26(35)38/h2-13,15H,14H2,1H3,(H,34,37). The number of hydrogen-bond acceptors (Lipinski definition) is 6. The Kier molecular flexibility index (Phi) is 7.30. The van der Waals surface area contributed by atoms with E-state index in [1.54, 1.807) is 42.5 Å². The van der Waals surface area contributed by atoms with E-state index in [0.29, 0.717) is 15.6 Å². The fourth-order valence-electron chi connectivity index (χ4n) is 4.05. The molecule has 0 unspecified atom stereocenters. The van der Waals surface area contributed by atoms with E-state index in [1.165, 1.54) is 12.1 Å². The molecule has 0 aliphatic rings. The Bertz CT molecular complexity index is 1950. The smallest absolute Gasteiger partial charge is 0.289 e. The fourth-order valence-corrected chi connectivity index (χ4v) is 5.39. The minimum atomic E-state index is -4.70. The summed E-state index contributed by atoms with van der Waals surface area (Å²) in [4.78, 5) is 29.1. The van der Waals surface area contributed by atoms with Crippen molar-refractivity contribution < 1.29 is 26.4 Å². The maximum Gasteiger partial charge on any atom is 0.435 e. The molecule has 14 heteroatoms. The molecule has 5 rings (SSSR count). The van der Waals surface area contributed by atoms with Gasteiger partial charge in [0.05, 0.1) is 33.5 Å². The van der Waals surface area contributed by atoms with Crippen molar-refractivity contribution in [1.82, 2.24) is 24.1 Å². The van der Waals surface area contributed by atoms with E-state index in [9.17, 15) is 31.2 Å². The Balaban J connectivity index is 1.39. The van der Waals surface area contributed by atoms with Gasteiger partial charge in [0.1, 0.15) is 6.54 Å². The van der Waals surface area contributed by atoms with E-state index in [2.05, 4.69) is 26.0 Å². The second-order valence-electron chi connectivity index (χ2n) is 9.05. The second kappa shape index (κ2) is 10.6. The van der Waals surface area contributed by atoms with E-state index < -0.39 is 39.9 Å². The first-order valence-electron chi connectivity index (χ1n) is 11.9. The van der Waals surface area contributed by atoms with Crippen LogP contribution in [0.15, 0.2) is 93.3 Å². The van der Waals surface area contributed by atoms with Crippen LogP contribution in [0.5, 0.6) is 0 Å². The van der Waals surface area contributed by atoms with Crippen molar-refractivity contribution in [2.24, 2.45) is 0 Å². The molecule has 0 saturated heterocycles. The highest BCUT2D eigenvalue weighted by Crippen LogP contribution is 2.33. The van der Waals surface area contributed by atoms with Crippen molar-refractivity contribution in [1.29, 1.82) is 0 Å². The zero-order valence-corrected chi connectivity index (χ0v) is 23.5. The van der Waals surface area contributed by atoms with Gasteiger partial charge in [0, 0.05) is 10.0 Å². The number of halogens is 4. The topological polar surface area (TPSA) is 116 Å². The van der Waals surface area contributed by atoms with Crippen molar-refractivity contribution >= 4 is 42.8 Å². The molecule has 0 saturated carbocycles. The minimum Gasteiger partial charge on any atom is -0.289 e. The summed E-state index contributed by atoms with van der Waals surface area (Å²) in [6.45, 7) is 1.23. The SMILES string of the molecule is Cc1ccc(-c2cc(C(F)(F)F)nn2-c2ccc(S(=O)(=O)NC(=O)Cn3cnc4ccc(Br)cc4c3=O)cc2)cc1. The number of amides is 1. The number of nitrogens with zero attached hydrogens (tertiary/aromatic N) is 4. The van der Waals surface area contributed by atoms with Gasteiger partial charge in [-0.3, -0.25) is 14.2 Å². The number of carbonyl (C=O) groups excluding carboxylic acids is 1.